The second-order valence-electron chi connectivity index (χ2n) is 9.40. The third-order valence-corrected chi connectivity index (χ3v) is 7.37. The maximum atomic E-state index is 15.0. The van der Waals surface area contributed by atoms with Crippen LogP contribution in [0.2, 0.25) is 18.1 Å². The number of nitriles is 1. The highest BCUT2D eigenvalue weighted by Crippen LogP contribution is 2.56. The minimum atomic E-state index is -4.86. The number of carbonyl (C=O) groups excluding carboxylic acids is 1. The summed E-state index contributed by atoms with van der Waals surface area (Å²) in [5.41, 5.74) is -2.92. The van der Waals surface area contributed by atoms with Crippen LogP contribution in [0.1, 0.15) is 38.3 Å². The molecule has 2 aliphatic heterocycles. The molecule has 0 saturated carbocycles. The van der Waals surface area contributed by atoms with Gasteiger partial charge < -0.3 is 9.33 Å². The third-order valence-electron chi connectivity index (χ3n) is 6.17. The molecule has 0 aromatic heterocycles. The fourth-order valence-electron chi connectivity index (χ4n) is 4.86. The fraction of sp³-hybridized carbons (Fsp3) is 0.619. The molecule has 169 valence electrons. The second kappa shape index (κ2) is 7.68. The van der Waals surface area contributed by atoms with E-state index in [2.05, 4.69) is 0 Å². The number of rotatable bonds is 3. The Kier molecular flexibility index (Phi) is 5.92. The monoisotopic (exact) mass is 472 g/mol. The van der Waals surface area contributed by atoms with Gasteiger partial charge in [0, 0.05) is 6.54 Å². The topological polar surface area (TPSA) is 56.6 Å². The summed E-state index contributed by atoms with van der Waals surface area (Å²) in [6, 6.07) is 2.68. The summed E-state index contributed by atoms with van der Waals surface area (Å²) in [4.78, 5) is 15.5. The predicted molar refractivity (Wildman–Crippen MR) is 114 cm³/mol. The lowest BCUT2D eigenvalue weighted by atomic mass is 9.73. The number of anilines is 1. The van der Waals surface area contributed by atoms with Crippen LogP contribution in [0.3, 0.4) is 0 Å². The number of alkyl halides is 3. The SMILES string of the molecule is Cc1c(N2C(=O)N3CC[C@@H](C(C)(C)C)[C@@H]3[C@]2(O[Si](C)C)C(F)(F)F)ccc(C#N)c1Cl. The Labute approximate surface area is 187 Å². The van der Waals surface area contributed by atoms with Crippen molar-refractivity contribution in [2.75, 3.05) is 11.4 Å². The van der Waals surface area contributed by atoms with Crippen molar-refractivity contribution in [3.05, 3.63) is 28.3 Å². The fourth-order valence-corrected chi connectivity index (χ4v) is 6.01. The molecular weight excluding hydrogens is 447 g/mol. The number of benzene rings is 1. The first kappa shape index (κ1) is 23.9. The Hall–Kier alpha value is -1.76. The molecule has 0 bridgehead atoms. The van der Waals surface area contributed by atoms with Crippen molar-refractivity contribution in [1.29, 1.82) is 5.26 Å². The van der Waals surface area contributed by atoms with Crippen LogP contribution in [-0.2, 0) is 4.43 Å². The lowest BCUT2D eigenvalue weighted by Crippen LogP contribution is -2.67. The lowest BCUT2D eigenvalue weighted by molar-refractivity contribution is -0.260. The molecule has 3 rings (SSSR count). The van der Waals surface area contributed by atoms with E-state index in [1.165, 1.54) is 24.0 Å². The molecule has 2 saturated heterocycles. The average Bonchev–Trinajstić information content (AvgIpc) is 3.16. The van der Waals surface area contributed by atoms with Crippen molar-refractivity contribution in [2.45, 2.75) is 65.2 Å². The van der Waals surface area contributed by atoms with Gasteiger partial charge in [-0.3, -0.25) is 4.90 Å². The van der Waals surface area contributed by atoms with Gasteiger partial charge in [-0.2, -0.15) is 18.4 Å². The van der Waals surface area contributed by atoms with Crippen molar-refractivity contribution < 1.29 is 22.4 Å². The Morgan fingerprint density at radius 1 is 1.29 bits per heavy atom. The van der Waals surface area contributed by atoms with Gasteiger partial charge in [0.25, 0.3) is 5.72 Å². The van der Waals surface area contributed by atoms with E-state index in [0.29, 0.717) is 6.42 Å². The quantitative estimate of drug-likeness (QED) is 0.528. The average molecular weight is 473 g/mol. The maximum Gasteiger partial charge on any atom is 0.438 e. The van der Waals surface area contributed by atoms with Crippen LogP contribution in [0.5, 0.6) is 0 Å². The van der Waals surface area contributed by atoms with Gasteiger partial charge in [0.1, 0.15) is 6.07 Å². The smallest absolute Gasteiger partial charge is 0.386 e. The number of amides is 2. The van der Waals surface area contributed by atoms with Crippen LogP contribution in [0.4, 0.5) is 23.7 Å². The molecule has 2 aliphatic rings. The second-order valence-corrected chi connectivity index (χ2v) is 11.8. The van der Waals surface area contributed by atoms with E-state index in [4.69, 9.17) is 16.0 Å². The van der Waals surface area contributed by atoms with E-state index >= 15 is 13.2 Å². The van der Waals surface area contributed by atoms with Gasteiger partial charge in [0.05, 0.1) is 22.3 Å². The number of fused-ring (bicyclic) bond motifs is 1. The zero-order valence-electron chi connectivity index (χ0n) is 18.4. The first-order valence-corrected chi connectivity index (χ1v) is 12.8. The summed E-state index contributed by atoms with van der Waals surface area (Å²) >= 11 is 6.27. The van der Waals surface area contributed by atoms with Gasteiger partial charge in [0.15, 0.2) is 0 Å². The number of hydrogen-bond donors (Lipinski definition) is 0. The van der Waals surface area contributed by atoms with Crippen LogP contribution in [0, 0.1) is 29.6 Å². The highest BCUT2D eigenvalue weighted by atomic mass is 35.5. The molecular formula is C21H26ClF3N3O2Si. The molecule has 10 heteroatoms. The lowest BCUT2D eigenvalue weighted by Gasteiger charge is -2.46. The zero-order chi connectivity index (χ0) is 23.5. The third kappa shape index (κ3) is 3.53. The van der Waals surface area contributed by atoms with E-state index in [9.17, 15) is 10.1 Å². The summed E-state index contributed by atoms with van der Waals surface area (Å²) < 4.78 is 51.0. The Bertz CT molecular complexity index is 942. The van der Waals surface area contributed by atoms with Crippen molar-refractivity contribution in [2.24, 2.45) is 11.3 Å². The molecule has 0 N–H and O–H groups in total. The molecule has 3 atom stereocenters. The first-order valence-electron chi connectivity index (χ1n) is 10.0. The van der Waals surface area contributed by atoms with Gasteiger partial charge in [0.2, 0.25) is 9.04 Å². The van der Waals surface area contributed by atoms with Crippen molar-refractivity contribution >= 4 is 32.4 Å². The molecule has 0 unspecified atom stereocenters. The highest BCUT2D eigenvalue weighted by molar-refractivity contribution is 6.48. The molecule has 1 radical (unpaired) electrons. The van der Waals surface area contributed by atoms with Crippen LogP contribution < -0.4 is 4.90 Å². The number of hydrogen-bond acceptors (Lipinski definition) is 3. The van der Waals surface area contributed by atoms with Crippen molar-refractivity contribution in [3.8, 4) is 6.07 Å². The Morgan fingerprint density at radius 2 is 1.90 bits per heavy atom. The van der Waals surface area contributed by atoms with Crippen LogP contribution in [-0.4, -0.2) is 44.5 Å². The van der Waals surface area contributed by atoms with Gasteiger partial charge >= 0.3 is 12.2 Å². The maximum absolute atomic E-state index is 15.0. The first-order chi connectivity index (χ1) is 14.2. The summed E-state index contributed by atoms with van der Waals surface area (Å²) in [6.45, 7) is 10.7. The largest absolute Gasteiger partial charge is 0.438 e. The van der Waals surface area contributed by atoms with Crippen molar-refractivity contribution in [3.63, 3.8) is 0 Å². The Morgan fingerprint density at radius 3 is 2.39 bits per heavy atom. The number of nitrogens with zero attached hydrogens (tertiary/aromatic N) is 3. The van der Waals surface area contributed by atoms with E-state index < -0.39 is 44.3 Å². The molecule has 2 amide bonds. The van der Waals surface area contributed by atoms with Crippen LogP contribution in [0.15, 0.2) is 12.1 Å². The highest BCUT2D eigenvalue weighted by Gasteiger charge is 2.76. The minimum absolute atomic E-state index is 0.0108. The molecule has 31 heavy (non-hydrogen) atoms. The van der Waals surface area contributed by atoms with E-state index in [1.54, 1.807) is 13.1 Å². The molecule has 1 aromatic rings. The number of halogens is 4. The molecule has 1 aromatic carbocycles. The molecule has 0 spiro atoms. The normalized spacial score (nSPS) is 26.6. The van der Waals surface area contributed by atoms with Crippen molar-refractivity contribution in [1.82, 2.24) is 4.90 Å². The van der Waals surface area contributed by atoms with Crippen LogP contribution >= 0.6 is 11.6 Å². The van der Waals surface area contributed by atoms with E-state index in [1.807, 2.05) is 26.8 Å². The summed E-state index contributed by atoms with van der Waals surface area (Å²) in [5.74, 6) is -0.418. The summed E-state index contributed by atoms with van der Waals surface area (Å²) in [7, 11) is -1.89. The van der Waals surface area contributed by atoms with Gasteiger partial charge in [-0.15, -0.1) is 0 Å². The van der Waals surface area contributed by atoms with Gasteiger partial charge in [-0.05, 0) is 55.5 Å². The molecule has 5 nitrogen and oxygen atoms in total. The standard InChI is InChI=1S/C21H26ClF3N3O2Si/c1-12-15(8-7-13(11-26)16(12)22)28-18(29)27-10-9-14(19(2,3)4)17(27)20(28,21(23,24)25)30-31(5)6/h7-8,14,17H,9-10H2,1-6H3/t14-,17-,20+/m1/s1. The zero-order valence-corrected chi connectivity index (χ0v) is 20.1. The van der Waals surface area contributed by atoms with E-state index in [0.717, 1.165) is 4.90 Å². The van der Waals surface area contributed by atoms with Gasteiger partial charge in [-0.1, -0.05) is 32.4 Å². The molecule has 2 heterocycles. The predicted octanol–water partition coefficient (Wildman–Crippen LogP) is 5.72. The number of carbonyl (C=O) groups is 1. The molecule has 0 aliphatic carbocycles. The van der Waals surface area contributed by atoms with E-state index in [-0.39, 0.29) is 28.4 Å². The minimum Gasteiger partial charge on any atom is -0.386 e. The Balaban J connectivity index is 2.34. The number of urea groups is 1. The van der Waals surface area contributed by atoms with Gasteiger partial charge in [-0.25, -0.2) is 4.79 Å². The summed E-state index contributed by atoms with van der Waals surface area (Å²) in [5, 5.41) is 9.26. The molecule has 2 fully saturated rings. The van der Waals surface area contributed by atoms with Crippen LogP contribution in [0.25, 0.3) is 0 Å². The summed E-state index contributed by atoms with van der Waals surface area (Å²) in [6.07, 6.45) is -4.39.